The number of amides is 2. The number of hydrogen-bond acceptors (Lipinski definition) is 3. The van der Waals surface area contributed by atoms with Gasteiger partial charge in [-0.3, -0.25) is 9.59 Å². The number of carbonyl (C=O) groups is 2. The lowest BCUT2D eigenvalue weighted by atomic mass is 9.96. The summed E-state index contributed by atoms with van der Waals surface area (Å²) in [6, 6.07) is 0. The molecule has 0 spiro atoms. The summed E-state index contributed by atoms with van der Waals surface area (Å²) in [6.07, 6.45) is 2.79. The van der Waals surface area contributed by atoms with Crippen LogP contribution in [-0.2, 0) is 9.59 Å². The molecule has 5 nitrogen and oxygen atoms in total. The molecule has 0 aromatic rings. The maximum Gasteiger partial charge on any atom is 0.239 e. The summed E-state index contributed by atoms with van der Waals surface area (Å²) < 4.78 is 0. The Balaban J connectivity index is 2.28. The van der Waals surface area contributed by atoms with Gasteiger partial charge in [-0.15, -0.1) is 0 Å². The maximum absolute atomic E-state index is 11.9. The second-order valence-electron chi connectivity index (χ2n) is 4.62. The molecule has 98 valence electrons. The Morgan fingerprint density at radius 1 is 1.47 bits per heavy atom. The number of rotatable bonds is 5. The van der Waals surface area contributed by atoms with Crippen LogP contribution in [0.1, 0.15) is 26.2 Å². The van der Waals surface area contributed by atoms with E-state index in [1.54, 1.807) is 7.05 Å². The average molecular weight is 241 g/mol. The molecule has 1 rings (SSSR count). The van der Waals surface area contributed by atoms with Crippen molar-refractivity contribution in [2.45, 2.75) is 26.2 Å². The van der Waals surface area contributed by atoms with Crippen LogP contribution in [-0.4, -0.2) is 49.9 Å². The highest BCUT2D eigenvalue weighted by atomic mass is 16.2. The second kappa shape index (κ2) is 7.27. The highest BCUT2D eigenvalue weighted by Gasteiger charge is 2.19. The maximum atomic E-state index is 11.9. The van der Waals surface area contributed by atoms with Gasteiger partial charge in [0.1, 0.15) is 0 Å². The van der Waals surface area contributed by atoms with Gasteiger partial charge >= 0.3 is 0 Å². The molecule has 1 aliphatic rings. The molecule has 1 unspecified atom stereocenters. The fourth-order valence-electron chi connectivity index (χ4n) is 2.06. The molecule has 1 heterocycles. The van der Waals surface area contributed by atoms with Crippen LogP contribution in [0.2, 0.25) is 0 Å². The van der Waals surface area contributed by atoms with E-state index >= 15 is 0 Å². The van der Waals surface area contributed by atoms with Gasteiger partial charge in [0.2, 0.25) is 11.8 Å². The molecular weight excluding hydrogens is 218 g/mol. The summed E-state index contributed by atoms with van der Waals surface area (Å²) in [7, 11) is 1.69. The Kier molecular flexibility index (Phi) is 5.97. The van der Waals surface area contributed by atoms with Gasteiger partial charge in [0.15, 0.2) is 0 Å². The molecule has 2 N–H and O–H groups in total. The smallest absolute Gasteiger partial charge is 0.239 e. The highest BCUT2D eigenvalue weighted by Crippen LogP contribution is 2.14. The summed E-state index contributed by atoms with van der Waals surface area (Å²) in [4.78, 5) is 24.7. The van der Waals surface area contributed by atoms with Crippen LogP contribution >= 0.6 is 0 Å². The van der Waals surface area contributed by atoms with E-state index in [-0.39, 0.29) is 18.4 Å². The summed E-state index contributed by atoms with van der Waals surface area (Å²) in [5.41, 5.74) is 0. The number of nitrogens with one attached hydrogen (secondary N) is 2. The molecule has 1 saturated heterocycles. The summed E-state index contributed by atoms with van der Waals surface area (Å²) in [5, 5.41) is 5.98. The summed E-state index contributed by atoms with van der Waals surface area (Å²) in [5.74, 6) is 0.392. The number of carbonyl (C=O) groups excluding carboxylic acids is 2. The van der Waals surface area contributed by atoms with Crippen LogP contribution in [0, 0.1) is 5.92 Å². The topological polar surface area (TPSA) is 61.4 Å². The molecule has 2 amide bonds. The minimum atomic E-state index is -0.0925. The summed E-state index contributed by atoms with van der Waals surface area (Å²) in [6.45, 7) is 4.60. The van der Waals surface area contributed by atoms with E-state index in [2.05, 4.69) is 10.6 Å². The average Bonchev–Trinajstić information content (AvgIpc) is 2.30. The van der Waals surface area contributed by atoms with Crippen LogP contribution in [0.4, 0.5) is 0 Å². The van der Waals surface area contributed by atoms with E-state index in [1.807, 2.05) is 6.92 Å². The van der Waals surface area contributed by atoms with Crippen molar-refractivity contribution in [3.05, 3.63) is 0 Å². The van der Waals surface area contributed by atoms with Crippen LogP contribution in [0.15, 0.2) is 0 Å². The van der Waals surface area contributed by atoms with E-state index in [9.17, 15) is 9.59 Å². The Morgan fingerprint density at radius 2 is 2.24 bits per heavy atom. The largest absolute Gasteiger partial charge is 0.355 e. The van der Waals surface area contributed by atoms with E-state index in [4.69, 9.17) is 0 Å². The van der Waals surface area contributed by atoms with Crippen molar-refractivity contribution in [3.63, 3.8) is 0 Å². The lowest BCUT2D eigenvalue weighted by Crippen LogP contribution is -2.40. The van der Waals surface area contributed by atoms with Crippen LogP contribution in [0.5, 0.6) is 0 Å². The third-order valence-electron chi connectivity index (χ3n) is 3.04. The normalized spacial score (nSPS) is 19.8. The molecule has 1 fully saturated rings. The Bertz CT molecular complexity index is 262. The fourth-order valence-corrected chi connectivity index (χ4v) is 2.06. The number of likely N-dealkylation sites (N-methyl/N-ethyl adjacent to an activating group) is 2. The predicted octanol–water partition coefficient (Wildman–Crippen LogP) is -0.0294. The van der Waals surface area contributed by atoms with Gasteiger partial charge in [-0.1, -0.05) is 0 Å². The molecule has 0 aromatic heterocycles. The Morgan fingerprint density at radius 3 is 2.82 bits per heavy atom. The SMILES string of the molecule is CCNC(=O)CN(C)C(=O)CC1CCCNC1. The molecule has 0 radical (unpaired) electrons. The van der Waals surface area contributed by atoms with Gasteiger partial charge in [0.05, 0.1) is 6.54 Å². The van der Waals surface area contributed by atoms with Gasteiger partial charge < -0.3 is 15.5 Å². The highest BCUT2D eigenvalue weighted by molar-refractivity contribution is 5.84. The first-order valence-electron chi connectivity index (χ1n) is 6.34. The van der Waals surface area contributed by atoms with Crippen LogP contribution < -0.4 is 10.6 Å². The van der Waals surface area contributed by atoms with E-state index < -0.39 is 0 Å². The minimum absolute atomic E-state index is 0.0601. The number of nitrogens with zero attached hydrogens (tertiary/aromatic N) is 1. The van der Waals surface area contributed by atoms with Crippen molar-refractivity contribution in [2.75, 3.05) is 33.2 Å². The van der Waals surface area contributed by atoms with Gasteiger partial charge in [-0.05, 0) is 38.8 Å². The quantitative estimate of drug-likeness (QED) is 0.710. The zero-order valence-electron chi connectivity index (χ0n) is 10.8. The van der Waals surface area contributed by atoms with E-state index in [0.29, 0.717) is 18.9 Å². The van der Waals surface area contributed by atoms with Gasteiger partial charge in [0.25, 0.3) is 0 Å². The molecule has 0 saturated carbocycles. The lowest BCUT2D eigenvalue weighted by molar-refractivity contribution is -0.135. The molecule has 1 atom stereocenters. The molecule has 0 bridgehead atoms. The van der Waals surface area contributed by atoms with Crippen molar-refractivity contribution < 1.29 is 9.59 Å². The predicted molar refractivity (Wildman–Crippen MR) is 66.5 cm³/mol. The third kappa shape index (κ3) is 5.17. The molecule has 0 aromatic carbocycles. The number of piperidine rings is 1. The molecule has 5 heteroatoms. The van der Waals surface area contributed by atoms with E-state index in [1.165, 1.54) is 4.90 Å². The van der Waals surface area contributed by atoms with E-state index in [0.717, 1.165) is 25.9 Å². The Labute approximate surface area is 103 Å². The van der Waals surface area contributed by atoms with Crippen LogP contribution in [0.25, 0.3) is 0 Å². The molecule has 17 heavy (non-hydrogen) atoms. The monoisotopic (exact) mass is 241 g/mol. The first-order chi connectivity index (χ1) is 8.13. The van der Waals surface area contributed by atoms with Crippen LogP contribution in [0.3, 0.4) is 0 Å². The lowest BCUT2D eigenvalue weighted by Gasteiger charge is -2.24. The molecule has 1 aliphatic heterocycles. The van der Waals surface area contributed by atoms with Crippen molar-refractivity contribution >= 4 is 11.8 Å². The first kappa shape index (κ1) is 14.0. The fraction of sp³-hybridized carbons (Fsp3) is 0.833. The second-order valence-corrected chi connectivity index (χ2v) is 4.62. The van der Waals surface area contributed by atoms with Crippen molar-refractivity contribution in [1.29, 1.82) is 0 Å². The molecule has 0 aliphatic carbocycles. The van der Waals surface area contributed by atoms with Gasteiger partial charge in [0, 0.05) is 20.0 Å². The zero-order chi connectivity index (χ0) is 12.7. The van der Waals surface area contributed by atoms with Crippen molar-refractivity contribution in [3.8, 4) is 0 Å². The van der Waals surface area contributed by atoms with Crippen molar-refractivity contribution in [1.82, 2.24) is 15.5 Å². The third-order valence-corrected chi connectivity index (χ3v) is 3.04. The standard InChI is InChI=1S/C12H23N3O2/c1-3-14-11(16)9-15(2)12(17)7-10-5-4-6-13-8-10/h10,13H,3-9H2,1-2H3,(H,14,16). The Hall–Kier alpha value is -1.10. The van der Waals surface area contributed by atoms with Gasteiger partial charge in [-0.2, -0.15) is 0 Å². The van der Waals surface area contributed by atoms with Crippen molar-refractivity contribution in [2.24, 2.45) is 5.92 Å². The minimum Gasteiger partial charge on any atom is -0.355 e. The first-order valence-corrected chi connectivity index (χ1v) is 6.34. The number of hydrogen-bond donors (Lipinski definition) is 2. The van der Waals surface area contributed by atoms with Gasteiger partial charge in [-0.25, -0.2) is 0 Å². The summed E-state index contributed by atoms with van der Waals surface area (Å²) >= 11 is 0. The molecular formula is C12H23N3O2. The zero-order valence-corrected chi connectivity index (χ0v) is 10.8.